The normalized spacial score (nSPS) is 13.2. The monoisotopic (exact) mass is 506 g/mol. The Morgan fingerprint density at radius 2 is 1.68 bits per heavy atom. The molecule has 186 valence electrons. The minimum Gasteiger partial charge on any atom is -0.484 e. The highest BCUT2D eigenvalue weighted by molar-refractivity contribution is 6.35. The molecule has 2 rings (SSSR count). The minimum atomic E-state index is -0.653. The number of hydrogen-bond acceptors (Lipinski definition) is 3. The predicted molar refractivity (Wildman–Crippen MR) is 140 cm³/mol. The van der Waals surface area contributed by atoms with E-state index in [-0.39, 0.29) is 36.4 Å². The average molecular weight is 508 g/mol. The van der Waals surface area contributed by atoms with Crippen molar-refractivity contribution in [2.24, 2.45) is 0 Å². The van der Waals surface area contributed by atoms with Crippen molar-refractivity contribution in [2.45, 2.75) is 78.4 Å². The van der Waals surface area contributed by atoms with E-state index in [2.05, 4.69) is 26.1 Å². The maximum absolute atomic E-state index is 13.3. The van der Waals surface area contributed by atoms with Gasteiger partial charge in [0, 0.05) is 22.6 Å². The summed E-state index contributed by atoms with van der Waals surface area (Å²) >= 11 is 12.4. The lowest BCUT2D eigenvalue weighted by Crippen LogP contribution is -2.51. The largest absolute Gasteiger partial charge is 0.484 e. The second-order valence-corrected chi connectivity index (χ2v) is 10.4. The first-order chi connectivity index (χ1) is 16.0. The van der Waals surface area contributed by atoms with E-state index in [1.165, 1.54) is 10.5 Å². The molecule has 0 aliphatic heterocycles. The number of benzene rings is 2. The molecule has 0 spiro atoms. The zero-order chi connectivity index (χ0) is 25.5. The fraction of sp³-hybridized carbons (Fsp3) is 0.481. The summed E-state index contributed by atoms with van der Waals surface area (Å²) in [5.74, 6) is 0.116. The molecule has 34 heavy (non-hydrogen) atoms. The van der Waals surface area contributed by atoms with Gasteiger partial charge in [0.05, 0.1) is 0 Å². The summed E-state index contributed by atoms with van der Waals surface area (Å²) in [5, 5.41) is 3.95. The van der Waals surface area contributed by atoms with Gasteiger partial charge in [-0.25, -0.2) is 0 Å². The topological polar surface area (TPSA) is 58.6 Å². The molecule has 2 aromatic carbocycles. The molecule has 0 aliphatic rings. The molecule has 0 bridgehead atoms. The van der Waals surface area contributed by atoms with Crippen LogP contribution in [0.1, 0.15) is 65.5 Å². The van der Waals surface area contributed by atoms with Crippen molar-refractivity contribution < 1.29 is 14.3 Å². The first-order valence-corrected chi connectivity index (χ1v) is 12.5. The van der Waals surface area contributed by atoms with E-state index in [1.54, 1.807) is 18.2 Å². The van der Waals surface area contributed by atoms with Gasteiger partial charge in [-0.2, -0.15) is 0 Å². The standard InChI is InChI=1S/C27H36Cl2N2O3/c1-7-18(3)30-26(33)24(8-2)31(16-19-9-12-21(28)15-23(19)29)25(32)17-34-22-13-10-20(11-14-22)27(4,5)6/h9-15,18,24H,7-8,16-17H2,1-6H3,(H,30,33)/t18-,24+/m1/s1. The minimum absolute atomic E-state index is 0.00945. The summed E-state index contributed by atoms with van der Waals surface area (Å²) in [5.41, 5.74) is 1.92. The van der Waals surface area contributed by atoms with Crippen LogP contribution >= 0.6 is 23.2 Å². The Hall–Kier alpha value is -2.24. The Morgan fingerprint density at radius 1 is 1.03 bits per heavy atom. The lowest BCUT2D eigenvalue weighted by molar-refractivity contribution is -0.143. The summed E-state index contributed by atoms with van der Waals surface area (Å²) in [7, 11) is 0. The van der Waals surface area contributed by atoms with Crippen molar-refractivity contribution in [3.8, 4) is 5.75 Å². The van der Waals surface area contributed by atoms with Crippen molar-refractivity contribution in [2.75, 3.05) is 6.61 Å². The van der Waals surface area contributed by atoms with Crippen LogP contribution in [-0.4, -0.2) is 35.4 Å². The first kappa shape index (κ1) is 28.0. The summed E-state index contributed by atoms with van der Waals surface area (Å²) in [4.78, 5) is 27.9. The molecule has 2 aromatic rings. The second-order valence-electron chi connectivity index (χ2n) is 9.56. The van der Waals surface area contributed by atoms with E-state index in [9.17, 15) is 9.59 Å². The molecule has 5 nitrogen and oxygen atoms in total. The molecule has 0 saturated heterocycles. The number of rotatable bonds is 10. The number of amides is 2. The van der Waals surface area contributed by atoms with Crippen LogP contribution in [0.15, 0.2) is 42.5 Å². The highest BCUT2D eigenvalue weighted by Crippen LogP contribution is 2.26. The third-order valence-electron chi connectivity index (χ3n) is 5.83. The van der Waals surface area contributed by atoms with Crippen molar-refractivity contribution in [3.05, 3.63) is 63.6 Å². The lowest BCUT2D eigenvalue weighted by Gasteiger charge is -2.31. The molecule has 1 N–H and O–H groups in total. The molecule has 0 aromatic heterocycles. The summed E-state index contributed by atoms with van der Waals surface area (Å²) in [6.45, 7) is 12.2. The number of nitrogens with one attached hydrogen (secondary N) is 1. The quantitative estimate of drug-likeness (QED) is 0.405. The third-order valence-corrected chi connectivity index (χ3v) is 6.41. The van der Waals surface area contributed by atoms with Gasteiger partial charge in [-0.1, -0.05) is 76.0 Å². The van der Waals surface area contributed by atoms with Gasteiger partial charge in [-0.3, -0.25) is 9.59 Å². The number of carbonyl (C=O) groups is 2. The fourth-order valence-electron chi connectivity index (χ4n) is 3.47. The van der Waals surface area contributed by atoms with Gasteiger partial charge in [-0.15, -0.1) is 0 Å². The maximum atomic E-state index is 13.3. The van der Waals surface area contributed by atoms with E-state index < -0.39 is 6.04 Å². The first-order valence-electron chi connectivity index (χ1n) is 11.7. The second kappa shape index (κ2) is 12.5. The maximum Gasteiger partial charge on any atom is 0.261 e. The van der Waals surface area contributed by atoms with E-state index in [1.807, 2.05) is 45.0 Å². The van der Waals surface area contributed by atoms with E-state index in [4.69, 9.17) is 27.9 Å². The van der Waals surface area contributed by atoms with Crippen molar-refractivity contribution in [3.63, 3.8) is 0 Å². The van der Waals surface area contributed by atoms with Crippen molar-refractivity contribution >= 4 is 35.0 Å². The molecule has 2 atom stereocenters. The molecule has 7 heteroatoms. The average Bonchev–Trinajstić information content (AvgIpc) is 2.78. The smallest absolute Gasteiger partial charge is 0.261 e. The van der Waals surface area contributed by atoms with Crippen LogP contribution < -0.4 is 10.1 Å². The van der Waals surface area contributed by atoms with Crippen LogP contribution in [0.4, 0.5) is 0 Å². The highest BCUT2D eigenvalue weighted by atomic mass is 35.5. The Bertz CT molecular complexity index is 971. The van der Waals surface area contributed by atoms with Gasteiger partial charge < -0.3 is 15.0 Å². The van der Waals surface area contributed by atoms with E-state index in [0.29, 0.717) is 27.8 Å². The molecule has 0 saturated carbocycles. The lowest BCUT2D eigenvalue weighted by atomic mass is 9.87. The van der Waals surface area contributed by atoms with E-state index >= 15 is 0 Å². The van der Waals surface area contributed by atoms with Gasteiger partial charge in [0.15, 0.2) is 6.61 Å². The zero-order valence-electron chi connectivity index (χ0n) is 21.0. The Morgan fingerprint density at radius 3 is 2.21 bits per heavy atom. The van der Waals surface area contributed by atoms with Crippen molar-refractivity contribution in [1.82, 2.24) is 10.2 Å². The SMILES string of the molecule is CC[C@@H](C)NC(=O)[C@H](CC)N(Cc1ccc(Cl)cc1Cl)C(=O)COc1ccc(C(C)(C)C)cc1. The fourth-order valence-corrected chi connectivity index (χ4v) is 3.94. The molecule has 0 radical (unpaired) electrons. The summed E-state index contributed by atoms with van der Waals surface area (Å²) < 4.78 is 5.80. The van der Waals surface area contributed by atoms with Crippen LogP contribution in [0.2, 0.25) is 10.0 Å². The summed E-state index contributed by atoms with van der Waals surface area (Å²) in [6, 6.07) is 12.2. The highest BCUT2D eigenvalue weighted by Gasteiger charge is 2.30. The third kappa shape index (κ3) is 7.92. The molecular formula is C27H36Cl2N2O3. The molecule has 0 unspecified atom stereocenters. The van der Waals surface area contributed by atoms with Crippen LogP contribution in [0, 0.1) is 0 Å². The number of hydrogen-bond donors (Lipinski definition) is 1. The summed E-state index contributed by atoms with van der Waals surface area (Å²) in [6.07, 6.45) is 1.26. The van der Waals surface area contributed by atoms with Crippen LogP contribution in [0.5, 0.6) is 5.75 Å². The van der Waals surface area contributed by atoms with Crippen molar-refractivity contribution in [1.29, 1.82) is 0 Å². The van der Waals surface area contributed by atoms with Crippen LogP contribution in [0.25, 0.3) is 0 Å². The Labute approximate surface area is 213 Å². The molecule has 2 amide bonds. The van der Waals surface area contributed by atoms with E-state index in [0.717, 1.165) is 6.42 Å². The van der Waals surface area contributed by atoms with Crippen LogP contribution in [0.3, 0.4) is 0 Å². The zero-order valence-corrected chi connectivity index (χ0v) is 22.5. The molecule has 0 heterocycles. The Balaban J connectivity index is 2.24. The van der Waals surface area contributed by atoms with Gasteiger partial charge in [0.25, 0.3) is 5.91 Å². The van der Waals surface area contributed by atoms with Gasteiger partial charge in [0.1, 0.15) is 11.8 Å². The molecule has 0 fully saturated rings. The van der Waals surface area contributed by atoms with Gasteiger partial charge >= 0.3 is 0 Å². The van der Waals surface area contributed by atoms with Gasteiger partial charge in [0.2, 0.25) is 5.91 Å². The number of nitrogens with zero attached hydrogens (tertiary/aromatic N) is 1. The Kier molecular flexibility index (Phi) is 10.3. The molecular weight excluding hydrogens is 471 g/mol. The van der Waals surface area contributed by atoms with Crippen LogP contribution in [-0.2, 0) is 21.5 Å². The molecule has 0 aliphatic carbocycles. The van der Waals surface area contributed by atoms with Gasteiger partial charge in [-0.05, 0) is 60.6 Å². The number of ether oxygens (including phenoxy) is 1. The number of halogens is 2. The number of carbonyl (C=O) groups excluding carboxylic acids is 2. The predicted octanol–water partition coefficient (Wildman–Crippen LogP) is 6.39.